The van der Waals surface area contributed by atoms with E-state index < -0.39 is 17.9 Å². The van der Waals surface area contributed by atoms with Crippen LogP contribution in [0.1, 0.15) is 35.6 Å². The molecule has 0 bridgehead atoms. The third kappa shape index (κ3) is 2.99. The number of nitrogens with zero attached hydrogens (tertiary/aromatic N) is 2. The number of carbonyl (C=O) groups excluding carboxylic acids is 1. The molecule has 0 saturated carbocycles. The average molecular weight is 243 g/mol. The van der Waals surface area contributed by atoms with Gasteiger partial charge in [0.1, 0.15) is 10.9 Å². The van der Waals surface area contributed by atoms with Crippen LogP contribution in [0.3, 0.4) is 0 Å². The number of carboxylic acids is 1. The van der Waals surface area contributed by atoms with Crippen LogP contribution >= 0.6 is 11.5 Å². The van der Waals surface area contributed by atoms with Crippen molar-refractivity contribution in [1.29, 1.82) is 0 Å². The molecule has 1 rings (SSSR count). The number of carboxylic acid groups (broad SMARTS) is 1. The molecule has 0 aromatic carbocycles. The molecule has 0 radical (unpaired) electrons. The van der Waals surface area contributed by atoms with Gasteiger partial charge in [-0.15, -0.1) is 5.10 Å². The van der Waals surface area contributed by atoms with Gasteiger partial charge in [0, 0.05) is 0 Å². The zero-order chi connectivity index (χ0) is 12.1. The van der Waals surface area contributed by atoms with Crippen molar-refractivity contribution in [3.63, 3.8) is 0 Å². The average Bonchev–Trinajstić information content (AvgIpc) is 2.66. The molecule has 6 nitrogen and oxygen atoms in total. The monoisotopic (exact) mass is 243 g/mol. The zero-order valence-corrected chi connectivity index (χ0v) is 9.87. The van der Waals surface area contributed by atoms with Crippen molar-refractivity contribution in [1.82, 2.24) is 14.9 Å². The summed E-state index contributed by atoms with van der Waals surface area (Å²) in [5.41, 5.74) is 0.627. The Bertz CT molecular complexity index is 391. The number of hydrogen-bond acceptors (Lipinski definition) is 5. The standard InChI is InChI=1S/C9H13N3O3S/c1-3-4-6-7(16-12-11-6)8(13)10-5(2)9(14)15/h5H,3-4H2,1-2H3,(H,10,13)(H,14,15)/t5-/m1/s1. The molecule has 1 heterocycles. The van der Waals surface area contributed by atoms with Gasteiger partial charge in [-0.1, -0.05) is 17.8 Å². The van der Waals surface area contributed by atoms with E-state index in [2.05, 4.69) is 14.9 Å². The van der Waals surface area contributed by atoms with Gasteiger partial charge in [0.2, 0.25) is 0 Å². The minimum atomic E-state index is -1.07. The summed E-state index contributed by atoms with van der Waals surface area (Å²) in [6, 6.07) is -0.913. The Balaban J connectivity index is 2.72. The van der Waals surface area contributed by atoms with Gasteiger partial charge in [-0.25, -0.2) is 0 Å². The molecule has 0 unspecified atom stereocenters. The molecule has 1 aromatic rings. The van der Waals surface area contributed by atoms with Crippen LogP contribution in [0.4, 0.5) is 0 Å². The summed E-state index contributed by atoms with van der Waals surface area (Å²) >= 11 is 0.985. The maximum absolute atomic E-state index is 11.7. The summed E-state index contributed by atoms with van der Waals surface area (Å²) in [6.45, 7) is 3.38. The second-order valence-corrected chi connectivity index (χ2v) is 4.09. The van der Waals surface area contributed by atoms with E-state index in [1.165, 1.54) is 6.92 Å². The first-order valence-electron chi connectivity index (χ1n) is 4.91. The maximum Gasteiger partial charge on any atom is 0.325 e. The van der Waals surface area contributed by atoms with E-state index in [1.54, 1.807) is 0 Å². The SMILES string of the molecule is CCCc1nnsc1C(=O)N[C@H](C)C(=O)O. The lowest BCUT2D eigenvalue weighted by Gasteiger charge is -2.07. The van der Waals surface area contributed by atoms with E-state index in [0.29, 0.717) is 17.0 Å². The fraction of sp³-hybridized carbons (Fsp3) is 0.556. The first-order chi connectivity index (χ1) is 7.56. The first-order valence-corrected chi connectivity index (χ1v) is 5.68. The molecule has 16 heavy (non-hydrogen) atoms. The van der Waals surface area contributed by atoms with E-state index in [1.807, 2.05) is 6.92 Å². The highest BCUT2D eigenvalue weighted by Gasteiger charge is 2.20. The van der Waals surface area contributed by atoms with Gasteiger partial charge in [-0.2, -0.15) is 0 Å². The van der Waals surface area contributed by atoms with Gasteiger partial charge in [0.05, 0.1) is 5.69 Å². The number of aryl methyl sites for hydroxylation is 1. The zero-order valence-electron chi connectivity index (χ0n) is 9.06. The van der Waals surface area contributed by atoms with E-state index in [9.17, 15) is 9.59 Å². The van der Waals surface area contributed by atoms with Gasteiger partial charge >= 0.3 is 5.97 Å². The molecule has 0 aliphatic rings. The highest BCUT2D eigenvalue weighted by molar-refractivity contribution is 7.08. The highest BCUT2D eigenvalue weighted by Crippen LogP contribution is 2.12. The molecule has 1 aromatic heterocycles. The van der Waals surface area contributed by atoms with Crippen LogP contribution in [0.25, 0.3) is 0 Å². The largest absolute Gasteiger partial charge is 0.480 e. The molecular formula is C9H13N3O3S. The van der Waals surface area contributed by atoms with Gasteiger partial charge in [0.15, 0.2) is 0 Å². The Labute approximate surface area is 96.8 Å². The van der Waals surface area contributed by atoms with Crippen molar-refractivity contribution in [2.24, 2.45) is 0 Å². The molecule has 0 fully saturated rings. The highest BCUT2D eigenvalue weighted by atomic mass is 32.1. The number of carbonyl (C=O) groups is 2. The molecule has 7 heteroatoms. The normalized spacial score (nSPS) is 12.1. The topological polar surface area (TPSA) is 92.2 Å². The fourth-order valence-corrected chi connectivity index (χ4v) is 1.72. The second kappa shape index (κ2) is 5.55. The first kappa shape index (κ1) is 12.6. The lowest BCUT2D eigenvalue weighted by molar-refractivity contribution is -0.138. The lowest BCUT2D eigenvalue weighted by atomic mass is 10.2. The van der Waals surface area contributed by atoms with Crippen molar-refractivity contribution in [2.45, 2.75) is 32.7 Å². The van der Waals surface area contributed by atoms with Crippen LogP contribution in [0.2, 0.25) is 0 Å². The number of aliphatic carboxylic acids is 1. The van der Waals surface area contributed by atoms with Crippen LogP contribution in [-0.2, 0) is 11.2 Å². The minimum absolute atomic E-state index is 0.398. The van der Waals surface area contributed by atoms with Gasteiger partial charge in [0.25, 0.3) is 5.91 Å². The van der Waals surface area contributed by atoms with Crippen molar-refractivity contribution in [3.05, 3.63) is 10.6 Å². The third-order valence-electron chi connectivity index (χ3n) is 1.97. The van der Waals surface area contributed by atoms with Crippen LogP contribution in [0, 0.1) is 0 Å². The van der Waals surface area contributed by atoms with E-state index in [4.69, 9.17) is 5.11 Å². The quantitative estimate of drug-likeness (QED) is 0.794. The lowest BCUT2D eigenvalue weighted by Crippen LogP contribution is -2.38. The van der Waals surface area contributed by atoms with Crippen molar-refractivity contribution in [2.75, 3.05) is 0 Å². The fourth-order valence-electron chi connectivity index (χ4n) is 1.11. The number of hydrogen-bond donors (Lipinski definition) is 2. The molecule has 0 saturated heterocycles. The number of rotatable bonds is 5. The van der Waals surface area contributed by atoms with Gasteiger partial charge in [-0.05, 0) is 24.9 Å². The van der Waals surface area contributed by atoms with Gasteiger partial charge in [-0.3, -0.25) is 9.59 Å². The molecule has 88 valence electrons. The van der Waals surface area contributed by atoms with Crippen LogP contribution < -0.4 is 5.32 Å². The van der Waals surface area contributed by atoms with Crippen molar-refractivity contribution in [3.8, 4) is 0 Å². The molecule has 1 amide bonds. The minimum Gasteiger partial charge on any atom is -0.480 e. The summed E-state index contributed by atoms with van der Waals surface area (Å²) in [6.07, 6.45) is 1.53. The van der Waals surface area contributed by atoms with Crippen molar-refractivity contribution < 1.29 is 14.7 Å². The maximum atomic E-state index is 11.7. The van der Waals surface area contributed by atoms with Crippen LogP contribution in [0.15, 0.2) is 0 Å². The second-order valence-electron chi connectivity index (χ2n) is 3.33. The molecule has 0 spiro atoms. The molecule has 2 N–H and O–H groups in total. The molecule has 1 atom stereocenters. The Morgan fingerprint density at radius 3 is 2.81 bits per heavy atom. The molecular weight excluding hydrogens is 230 g/mol. The smallest absolute Gasteiger partial charge is 0.325 e. The van der Waals surface area contributed by atoms with E-state index in [-0.39, 0.29) is 0 Å². The Kier molecular flexibility index (Phi) is 4.36. The van der Waals surface area contributed by atoms with Crippen LogP contribution in [-0.4, -0.2) is 32.6 Å². The number of aromatic nitrogens is 2. The van der Waals surface area contributed by atoms with Gasteiger partial charge < -0.3 is 10.4 Å². The number of amides is 1. The predicted octanol–water partition coefficient (Wildman–Crippen LogP) is 0.694. The summed E-state index contributed by atoms with van der Waals surface area (Å²) in [5.74, 6) is -1.49. The predicted molar refractivity (Wildman–Crippen MR) is 58.5 cm³/mol. The van der Waals surface area contributed by atoms with E-state index >= 15 is 0 Å². The Morgan fingerprint density at radius 2 is 2.25 bits per heavy atom. The number of nitrogens with one attached hydrogen (secondary N) is 1. The molecule has 0 aliphatic heterocycles. The summed E-state index contributed by atoms with van der Waals surface area (Å²) in [4.78, 5) is 22.6. The van der Waals surface area contributed by atoms with Crippen LogP contribution in [0.5, 0.6) is 0 Å². The summed E-state index contributed by atoms with van der Waals surface area (Å²) in [7, 11) is 0. The summed E-state index contributed by atoms with van der Waals surface area (Å²) in [5, 5.41) is 14.9. The molecule has 0 aliphatic carbocycles. The van der Waals surface area contributed by atoms with E-state index in [0.717, 1.165) is 18.0 Å². The third-order valence-corrected chi connectivity index (χ3v) is 2.73. The van der Waals surface area contributed by atoms with Crippen molar-refractivity contribution >= 4 is 23.4 Å². The Hall–Kier alpha value is -1.50. The Morgan fingerprint density at radius 1 is 1.56 bits per heavy atom. The summed E-state index contributed by atoms with van der Waals surface area (Å²) < 4.78 is 3.70.